The summed E-state index contributed by atoms with van der Waals surface area (Å²) in [5.74, 6) is -0.808. The average Bonchev–Trinajstić information content (AvgIpc) is 2.57. The van der Waals surface area contributed by atoms with E-state index in [9.17, 15) is 13.9 Å². The molecule has 0 aliphatic rings. The van der Waals surface area contributed by atoms with E-state index in [4.69, 9.17) is 0 Å². The van der Waals surface area contributed by atoms with E-state index in [1.165, 1.54) is 12.1 Å². The van der Waals surface area contributed by atoms with Crippen molar-refractivity contribution in [2.24, 2.45) is 0 Å². The third kappa shape index (κ3) is 2.94. The van der Waals surface area contributed by atoms with Crippen molar-refractivity contribution in [2.75, 3.05) is 0 Å². The Hall–Kier alpha value is -1.27. The van der Waals surface area contributed by atoms with Crippen LogP contribution in [0.5, 0.6) is 0 Å². The van der Waals surface area contributed by atoms with Gasteiger partial charge >= 0.3 is 0 Å². The molecule has 1 unspecified atom stereocenters. The Balaban J connectivity index is 2.33. The highest BCUT2D eigenvalue weighted by Gasteiger charge is 2.12. The number of benzene rings is 1. The minimum Gasteiger partial charge on any atom is -0.385 e. The van der Waals surface area contributed by atoms with Crippen molar-refractivity contribution in [3.05, 3.63) is 52.0 Å². The van der Waals surface area contributed by atoms with Gasteiger partial charge in [0.1, 0.15) is 28.2 Å². The van der Waals surface area contributed by atoms with Gasteiger partial charge in [0.15, 0.2) is 0 Å². The van der Waals surface area contributed by atoms with E-state index in [0.29, 0.717) is 16.0 Å². The highest BCUT2D eigenvalue weighted by atomic mass is 79.9. The first-order valence-electron chi connectivity index (χ1n) is 5.31. The Labute approximate surface area is 111 Å². The van der Waals surface area contributed by atoms with Crippen LogP contribution >= 0.6 is 15.9 Å². The second kappa shape index (κ2) is 5.16. The van der Waals surface area contributed by atoms with Crippen LogP contribution < -0.4 is 0 Å². The molecular weight excluding hydrogens is 306 g/mol. The number of aromatic nitrogens is 2. The van der Waals surface area contributed by atoms with Crippen molar-refractivity contribution in [1.82, 2.24) is 9.55 Å². The second-order valence-corrected chi connectivity index (χ2v) is 4.82. The number of aliphatic hydroxyl groups excluding tert-OH is 1. The van der Waals surface area contributed by atoms with Gasteiger partial charge in [-0.3, -0.25) is 0 Å². The van der Waals surface area contributed by atoms with Crippen molar-refractivity contribution >= 4 is 15.9 Å². The number of imidazole rings is 1. The molecule has 6 heteroatoms. The first-order chi connectivity index (χ1) is 8.45. The second-order valence-electron chi connectivity index (χ2n) is 4.00. The van der Waals surface area contributed by atoms with Crippen LogP contribution in [0.25, 0.3) is 0 Å². The summed E-state index contributed by atoms with van der Waals surface area (Å²) in [6, 6.07) is 3.33. The van der Waals surface area contributed by atoms with Crippen molar-refractivity contribution in [2.45, 2.75) is 19.6 Å². The van der Waals surface area contributed by atoms with Gasteiger partial charge in [0, 0.05) is 18.8 Å². The maximum Gasteiger partial charge on any atom is 0.139 e. The molecule has 0 saturated carbocycles. The summed E-state index contributed by atoms with van der Waals surface area (Å²) in [4.78, 5) is 4.09. The van der Waals surface area contributed by atoms with Gasteiger partial charge in [-0.1, -0.05) is 0 Å². The molecule has 3 nitrogen and oxygen atoms in total. The standard InChI is InChI=1S/C12H11BrF2N2O/c1-7(18)12-16-11(13)6-17(12)5-8-2-9(14)4-10(15)3-8/h2-4,6-7,18H,5H2,1H3. The van der Waals surface area contributed by atoms with E-state index in [-0.39, 0.29) is 6.54 Å². The summed E-state index contributed by atoms with van der Waals surface area (Å²) in [5, 5.41) is 9.55. The zero-order chi connectivity index (χ0) is 13.3. The van der Waals surface area contributed by atoms with Gasteiger partial charge in [0.2, 0.25) is 0 Å². The molecule has 1 atom stereocenters. The third-order valence-corrected chi connectivity index (χ3v) is 2.81. The molecule has 0 aliphatic heterocycles. The Kier molecular flexibility index (Phi) is 3.77. The number of nitrogens with zero attached hydrogens (tertiary/aromatic N) is 2. The lowest BCUT2D eigenvalue weighted by Gasteiger charge is -2.09. The molecule has 0 radical (unpaired) electrons. The molecule has 0 bridgehead atoms. The van der Waals surface area contributed by atoms with Crippen LogP contribution in [-0.2, 0) is 6.54 Å². The van der Waals surface area contributed by atoms with Gasteiger partial charge in [-0.05, 0) is 40.5 Å². The summed E-state index contributed by atoms with van der Waals surface area (Å²) in [5.41, 5.74) is 0.472. The van der Waals surface area contributed by atoms with Crippen LogP contribution in [0.15, 0.2) is 29.0 Å². The molecule has 18 heavy (non-hydrogen) atoms. The molecule has 1 aromatic carbocycles. The van der Waals surface area contributed by atoms with Gasteiger partial charge in [-0.2, -0.15) is 0 Å². The summed E-state index contributed by atoms with van der Waals surface area (Å²) >= 11 is 3.20. The fourth-order valence-corrected chi connectivity index (χ4v) is 2.19. The number of halogens is 3. The molecule has 0 saturated heterocycles. The van der Waals surface area contributed by atoms with Crippen molar-refractivity contribution in [3.63, 3.8) is 0 Å². The molecular formula is C12H11BrF2N2O. The smallest absolute Gasteiger partial charge is 0.139 e. The largest absolute Gasteiger partial charge is 0.385 e. The van der Waals surface area contributed by atoms with Crippen molar-refractivity contribution < 1.29 is 13.9 Å². The van der Waals surface area contributed by atoms with E-state index >= 15 is 0 Å². The molecule has 96 valence electrons. The molecule has 0 aliphatic carbocycles. The normalized spacial score (nSPS) is 12.7. The fourth-order valence-electron chi connectivity index (χ4n) is 1.76. The van der Waals surface area contributed by atoms with Gasteiger partial charge in [0.25, 0.3) is 0 Å². The minimum absolute atomic E-state index is 0.244. The minimum atomic E-state index is -0.755. The summed E-state index contributed by atoms with van der Waals surface area (Å²) in [6.45, 7) is 1.82. The Bertz CT molecular complexity index is 549. The summed E-state index contributed by atoms with van der Waals surface area (Å²) < 4.78 is 28.3. The van der Waals surface area contributed by atoms with E-state index < -0.39 is 17.7 Å². The first kappa shape index (κ1) is 13.2. The molecule has 0 fully saturated rings. The third-order valence-electron chi connectivity index (χ3n) is 2.43. The van der Waals surface area contributed by atoms with Gasteiger partial charge in [0.05, 0.1) is 0 Å². The van der Waals surface area contributed by atoms with Crippen LogP contribution in [-0.4, -0.2) is 14.7 Å². The Morgan fingerprint density at radius 2 is 1.94 bits per heavy atom. The van der Waals surface area contributed by atoms with E-state index in [1.54, 1.807) is 17.7 Å². The van der Waals surface area contributed by atoms with E-state index in [1.807, 2.05) is 0 Å². The van der Waals surface area contributed by atoms with Crippen molar-refractivity contribution in [1.29, 1.82) is 0 Å². The highest BCUT2D eigenvalue weighted by molar-refractivity contribution is 9.10. The average molecular weight is 317 g/mol. The summed E-state index contributed by atoms with van der Waals surface area (Å²) in [6.07, 6.45) is 0.903. The van der Waals surface area contributed by atoms with Crippen LogP contribution in [0.4, 0.5) is 8.78 Å². The predicted octanol–water partition coefficient (Wildman–Crippen LogP) is 3.03. The predicted molar refractivity (Wildman–Crippen MR) is 66.0 cm³/mol. The number of hydrogen-bond acceptors (Lipinski definition) is 2. The van der Waals surface area contributed by atoms with Crippen LogP contribution in [0.1, 0.15) is 24.4 Å². The van der Waals surface area contributed by atoms with Gasteiger partial charge in [-0.15, -0.1) is 0 Å². The monoisotopic (exact) mass is 316 g/mol. The Morgan fingerprint density at radius 3 is 2.50 bits per heavy atom. The molecule has 2 aromatic rings. The zero-order valence-corrected chi connectivity index (χ0v) is 11.2. The number of aliphatic hydroxyl groups is 1. The molecule has 1 N–H and O–H groups in total. The fraction of sp³-hybridized carbons (Fsp3) is 0.250. The van der Waals surface area contributed by atoms with Crippen LogP contribution in [0.3, 0.4) is 0 Å². The van der Waals surface area contributed by atoms with Gasteiger partial charge in [-0.25, -0.2) is 13.8 Å². The van der Waals surface area contributed by atoms with E-state index in [2.05, 4.69) is 20.9 Å². The van der Waals surface area contributed by atoms with Crippen LogP contribution in [0, 0.1) is 11.6 Å². The molecule has 2 rings (SSSR count). The molecule has 1 heterocycles. The Morgan fingerprint density at radius 1 is 1.33 bits per heavy atom. The number of rotatable bonds is 3. The molecule has 1 aromatic heterocycles. The lowest BCUT2D eigenvalue weighted by atomic mass is 10.2. The number of hydrogen-bond donors (Lipinski definition) is 1. The lowest BCUT2D eigenvalue weighted by Crippen LogP contribution is -2.07. The van der Waals surface area contributed by atoms with Gasteiger partial charge < -0.3 is 9.67 Å². The summed E-state index contributed by atoms with van der Waals surface area (Å²) in [7, 11) is 0. The van der Waals surface area contributed by atoms with Crippen molar-refractivity contribution in [3.8, 4) is 0 Å². The maximum atomic E-state index is 13.1. The lowest BCUT2D eigenvalue weighted by molar-refractivity contribution is 0.184. The maximum absolute atomic E-state index is 13.1. The highest BCUT2D eigenvalue weighted by Crippen LogP contribution is 2.18. The zero-order valence-electron chi connectivity index (χ0n) is 9.57. The van der Waals surface area contributed by atoms with Crippen LogP contribution in [0.2, 0.25) is 0 Å². The molecule has 0 spiro atoms. The van der Waals surface area contributed by atoms with E-state index in [0.717, 1.165) is 6.07 Å². The quantitative estimate of drug-likeness (QED) is 0.945. The SMILES string of the molecule is CC(O)c1nc(Br)cn1Cc1cc(F)cc(F)c1. The topological polar surface area (TPSA) is 38.1 Å². The molecule has 0 amide bonds. The first-order valence-corrected chi connectivity index (χ1v) is 6.10.